The van der Waals surface area contributed by atoms with Crippen LogP contribution in [-0.2, 0) is 6.42 Å². The molecule has 0 saturated carbocycles. The number of hydrogen-bond donors (Lipinski definition) is 2. The highest BCUT2D eigenvalue weighted by atomic mass is 15.1. The molecule has 0 bridgehead atoms. The van der Waals surface area contributed by atoms with Crippen LogP contribution in [0.25, 0.3) is 0 Å². The lowest BCUT2D eigenvalue weighted by molar-refractivity contribution is 0.734. The van der Waals surface area contributed by atoms with Gasteiger partial charge in [0.15, 0.2) is 0 Å². The molecule has 0 radical (unpaired) electrons. The van der Waals surface area contributed by atoms with Crippen LogP contribution in [0.3, 0.4) is 0 Å². The molecular weight excluding hydrogens is 198 g/mol. The van der Waals surface area contributed by atoms with Gasteiger partial charge in [0.2, 0.25) is 0 Å². The molecule has 84 valence electrons. The largest absolute Gasteiger partial charge is 0.399 e. The molecule has 0 aliphatic heterocycles. The summed E-state index contributed by atoms with van der Waals surface area (Å²) in [6.45, 7) is 4.28. The highest BCUT2D eigenvalue weighted by Crippen LogP contribution is 2.22. The average Bonchev–Trinajstić information content (AvgIpc) is 2.64. The Bertz CT molecular complexity index is 474. The van der Waals surface area contributed by atoms with Gasteiger partial charge in [-0.2, -0.15) is 5.10 Å². The maximum atomic E-state index is 5.78. The standard InChI is InChI=1S/C13H17N3/c1-9(6-13-10(2)8-15-16-13)11-4-3-5-12(14)7-11/h3-5,7-9H,6,14H2,1-2H3,(H,15,16). The van der Waals surface area contributed by atoms with E-state index in [1.165, 1.54) is 16.8 Å². The van der Waals surface area contributed by atoms with Crippen molar-refractivity contribution in [2.75, 3.05) is 5.73 Å². The Morgan fingerprint density at radius 1 is 1.44 bits per heavy atom. The van der Waals surface area contributed by atoms with Crippen LogP contribution in [-0.4, -0.2) is 10.2 Å². The number of aromatic nitrogens is 2. The van der Waals surface area contributed by atoms with Crippen molar-refractivity contribution in [1.29, 1.82) is 0 Å². The van der Waals surface area contributed by atoms with Crippen LogP contribution < -0.4 is 5.73 Å². The molecule has 3 N–H and O–H groups in total. The summed E-state index contributed by atoms with van der Waals surface area (Å²) in [6, 6.07) is 8.07. The molecule has 16 heavy (non-hydrogen) atoms. The van der Waals surface area contributed by atoms with Gasteiger partial charge in [-0.25, -0.2) is 0 Å². The molecule has 0 fully saturated rings. The number of nitrogens with zero attached hydrogens (tertiary/aromatic N) is 1. The van der Waals surface area contributed by atoms with E-state index < -0.39 is 0 Å². The van der Waals surface area contributed by atoms with E-state index in [0.29, 0.717) is 5.92 Å². The van der Waals surface area contributed by atoms with E-state index in [1.54, 1.807) is 0 Å². The van der Waals surface area contributed by atoms with Crippen molar-refractivity contribution in [2.45, 2.75) is 26.2 Å². The Labute approximate surface area is 95.7 Å². The van der Waals surface area contributed by atoms with Gasteiger partial charge >= 0.3 is 0 Å². The summed E-state index contributed by atoms with van der Waals surface area (Å²) in [5.74, 6) is 0.447. The number of nitrogen functional groups attached to an aromatic ring is 1. The first-order valence-corrected chi connectivity index (χ1v) is 5.51. The number of aryl methyl sites for hydroxylation is 1. The molecule has 3 nitrogen and oxygen atoms in total. The number of aromatic amines is 1. The molecular formula is C13H17N3. The van der Waals surface area contributed by atoms with Gasteiger partial charge < -0.3 is 5.73 Å². The Kier molecular flexibility index (Phi) is 2.95. The van der Waals surface area contributed by atoms with Gasteiger partial charge in [-0.15, -0.1) is 0 Å². The molecule has 1 atom stereocenters. The van der Waals surface area contributed by atoms with Gasteiger partial charge in [0.05, 0.1) is 6.20 Å². The summed E-state index contributed by atoms with van der Waals surface area (Å²) in [5.41, 5.74) is 10.3. The first-order chi connectivity index (χ1) is 7.66. The van der Waals surface area contributed by atoms with Gasteiger partial charge in [-0.05, 0) is 42.5 Å². The number of anilines is 1. The zero-order valence-corrected chi connectivity index (χ0v) is 9.70. The fourth-order valence-electron chi connectivity index (χ4n) is 1.87. The van der Waals surface area contributed by atoms with Crippen molar-refractivity contribution in [2.24, 2.45) is 0 Å². The highest BCUT2D eigenvalue weighted by molar-refractivity contribution is 5.42. The smallest absolute Gasteiger partial charge is 0.0519 e. The fraction of sp³-hybridized carbons (Fsp3) is 0.308. The Balaban J connectivity index is 2.14. The van der Waals surface area contributed by atoms with E-state index in [2.05, 4.69) is 30.1 Å². The third-order valence-electron chi connectivity index (χ3n) is 2.92. The maximum Gasteiger partial charge on any atom is 0.0519 e. The normalized spacial score (nSPS) is 12.6. The summed E-state index contributed by atoms with van der Waals surface area (Å²) in [6.07, 6.45) is 2.83. The number of benzene rings is 1. The Hall–Kier alpha value is -1.77. The second-order valence-electron chi connectivity index (χ2n) is 4.31. The van der Waals surface area contributed by atoms with Crippen LogP contribution in [0.2, 0.25) is 0 Å². The van der Waals surface area contributed by atoms with Crippen molar-refractivity contribution in [3.8, 4) is 0 Å². The number of rotatable bonds is 3. The molecule has 0 spiro atoms. The lowest BCUT2D eigenvalue weighted by Crippen LogP contribution is -2.01. The van der Waals surface area contributed by atoms with Crippen molar-refractivity contribution >= 4 is 5.69 Å². The third kappa shape index (κ3) is 2.24. The molecule has 0 aliphatic carbocycles. The molecule has 1 aromatic heterocycles. The van der Waals surface area contributed by atoms with Crippen molar-refractivity contribution < 1.29 is 0 Å². The minimum atomic E-state index is 0.447. The van der Waals surface area contributed by atoms with E-state index in [0.717, 1.165) is 12.1 Å². The van der Waals surface area contributed by atoms with E-state index in [4.69, 9.17) is 5.73 Å². The predicted octanol–water partition coefficient (Wildman–Crippen LogP) is 2.65. The average molecular weight is 215 g/mol. The van der Waals surface area contributed by atoms with Gasteiger partial charge in [0.25, 0.3) is 0 Å². The van der Waals surface area contributed by atoms with Crippen LogP contribution in [0.15, 0.2) is 30.5 Å². The minimum Gasteiger partial charge on any atom is -0.399 e. The van der Waals surface area contributed by atoms with E-state index in [9.17, 15) is 0 Å². The van der Waals surface area contributed by atoms with Gasteiger partial charge in [-0.1, -0.05) is 19.1 Å². The lowest BCUT2D eigenvalue weighted by atomic mass is 9.95. The van der Waals surface area contributed by atoms with Crippen LogP contribution in [0.5, 0.6) is 0 Å². The molecule has 0 saturated heterocycles. The maximum absolute atomic E-state index is 5.78. The zero-order valence-electron chi connectivity index (χ0n) is 9.70. The summed E-state index contributed by atoms with van der Waals surface area (Å²) < 4.78 is 0. The number of hydrogen-bond acceptors (Lipinski definition) is 2. The van der Waals surface area contributed by atoms with Crippen molar-refractivity contribution in [1.82, 2.24) is 10.2 Å². The summed E-state index contributed by atoms with van der Waals surface area (Å²) in [7, 11) is 0. The zero-order chi connectivity index (χ0) is 11.5. The number of H-pyrrole nitrogens is 1. The topological polar surface area (TPSA) is 54.7 Å². The first kappa shape index (κ1) is 10.7. The molecule has 0 aliphatic rings. The van der Waals surface area contributed by atoms with Gasteiger partial charge in [-0.3, -0.25) is 5.10 Å². The summed E-state index contributed by atoms with van der Waals surface area (Å²) in [5, 5.41) is 7.08. The number of nitrogens with one attached hydrogen (secondary N) is 1. The van der Waals surface area contributed by atoms with Crippen LogP contribution in [0.4, 0.5) is 5.69 Å². The van der Waals surface area contributed by atoms with Gasteiger partial charge in [0.1, 0.15) is 0 Å². The van der Waals surface area contributed by atoms with Crippen LogP contribution in [0, 0.1) is 6.92 Å². The van der Waals surface area contributed by atoms with E-state index in [1.807, 2.05) is 24.4 Å². The second-order valence-corrected chi connectivity index (χ2v) is 4.31. The van der Waals surface area contributed by atoms with E-state index in [-0.39, 0.29) is 0 Å². The Morgan fingerprint density at radius 3 is 2.88 bits per heavy atom. The predicted molar refractivity (Wildman–Crippen MR) is 66.3 cm³/mol. The quantitative estimate of drug-likeness (QED) is 0.773. The van der Waals surface area contributed by atoms with Crippen molar-refractivity contribution in [3.63, 3.8) is 0 Å². The van der Waals surface area contributed by atoms with Crippen LogP contribution >= 0.6 is 0 Å². The van der Waals surface area contributed by atoms with Crippen molar-refractivity contribution in [3.05, 3.63) is 47.3 Å². The molecule has 3 heteroatoms. The minimum absolute atomic E-state index is 0.447. The molecule has 1 heterocycles. The molecule has 1 aromatic carbocycles. The summed E-state index contributed by atoms with van der Waals surface area (Å²) >= 11 is 0. The first-order valence-electron chi connectivity index (χ1n) is 5.51. The van der Waals surface area contributed by atoms with E-state index >= 15 is 0 Å². The highest BCUT2D eigenvalue weighted by Gasteiger charge is 2.09. The monoisotopic (exact) mass is 215 g/mol. The third-order valence-corrected chi connectivity index (χ3v) is 2.92. The summed E-state index contributed by atoms with van der Waals surface area (Å²) in [4.78, 5) is 0. The molecule has 1 unspecified atom stereocenters. The molecule has 2 rings (SSSR count). The molecule has 0 amide bonds. The second kappa shape index (κ2) is 4.39. The Morgan fingerprint density at radius 2 is 2.25 bits per heavy atom. The fourth-order valence-corrected chi connectivity index (χ4v) is 1.87. The molecule has 2 aromatic rings. The van der Waals surface area contributed by atoms with Gasteiger partial charge in [0, 0.05) is 11.4 Å². The number of nitrogens with two attached hydrogens (primary N) is 1. The van der Waals surface area contributed by atoms with Crippen LogP contribution in [0.1, 0.15) is 29.7 Å². The lowest BCUT2D eigenvalue weighted by Gasteiger charge is -2.11. The SMILES string of the molecule is Cc1cn[nH]c1CC(C)c1cccc(N)c1.